The van der Waals surface area contributed by atoms with Gasteiger partial charge in [-0.1, -0.05) is 31.5 Å². The summed E-state index contributed by atoms with van der Waals surface area (Å²) in [5.41, 5.74) is 8.69. The number of nitrogens with two attached hydrogens (primary N) is 1. The Morgan fingerprint density at radius 1 is 1.21 bits per heavy atom. The Labute approximate surface area is 193 Å². The number of nitrogen functional groups attached to an aromatic ring is 1. The molecule has 0 radical (unpaired) electrons. The summed E-state index contributed by atoms with van der Waals surface area (Å²) in [6.45, 7) is 8.22. The SMILES string of the molecule is CCCCOC(=O)NCc1cccc(-c2cn(CC(=O)OC(C)(C)C)c3ncnc(N)c23)c1. The minimum absolute atomic E-state index is 0.00489. The van der Waals surface area contributed by atoms with Gasteiger partial charge in [-0.15, -0.1) is 0 Å². The molecule has 0 aliphatic carbocycles. The van der Waals surface area contributed by atoms with E-state index in [-0.39, 0.29) is 12.5 Å². The molecule has 9 nitrogen and oxygen atoms in total. The number of alkyl carbamates (subject to hydrolysis) is 1. The molecule has 0 aliphatic heterocycles. The first kappa shape index (κ1) is 24.0. The number of carbonyl (C=O) groups excluding carboxylic acids is 2. The standard InChI is InChI=1S/C24H31N5O4/c1-5-6-10-32-23(31)26-12-16-8-7-9-17(11-16)18-13-29(14-19(30)33-24(2,3)4)22-20(18)21(25)27-15-28-22/h7-9,11,13,15H,5-6,10,12,14H2,1-4H3,(H,26,31)(H2,25,27,28). The number of amides is 1. The quantitative estimate of drug-likeness (QED) is 0.390. The normalized spacial score (nSPS) is 11.4. The average molecular weight is 454 g/mol. The minimum atomic E-state index is -0.587. The largest absolute Gasteiger partial charge is 0.459 e. The molecule has 3 rings (SSSR count). The van der Waals surface area contributed by atoms with Gasteiger partial charge in [0.25, 0.3) is 0 Å². The smallest absolute Gasteiger partial charge is 0.407 e. The van der Waals surface area contributed by atoms with Gasteiger partial charge < -0.3 is 25.1 Å². The van der Waals surface area contributed by atoms with Crippen molar-refractivity contribution in [3.05, 3.63) is 42.4 Å². The summed E-state index contributed by atoms with van der Waals surface area (Å²) < 4.78 is 12.3. The number of ether oxygens (including phenoxy) is 2. The number of anilines is 1. The van der Waals surface area contributed by atoms with Gasteiger partial charge in [0, 0.05) is 18.3 Å². The zero-order chi connectivity index (χ0) is 24.0. The third kappa shape index (κ3) is 6.44. The molecule has 3 N–H and O–H groups in total. The zero-order valence-electron chi connectivity index (χ0n) is 19.6. The first-order valence-corrected chi connectivity index (χ1v) is 11.0. The van der Waals surface area contributed by atoms with E-state index in [1.165, 1.54) is 6.33 Å². The lowest BCUT2D eigenvalue weighted by Crippen LogP contribution is -2.26. The van der Waals surface area contributed by atoms with Crippen LogP contribution in [0.15, 0.2) is 36.8 Å². The Kier molecular flexibility index (Phi) is 7.52. The molecule has 0 atom stereocenters. The second-order valence-corrected chi connectivity index (χ2v) is 8.76. The number of nitrogens with one attached hydrogen (secondary N) is 1. The topological polar surface area (TPSA) is 121 Å². The van der Waals surface area contributed by atoms with Gasteiger partial charge in [-0.25, -0.2) is 14.8 Å². The van der Waals surface area contributed by atoms with Crippen molar-refractivity contribution in [2.45, 2.75) is 59.2 Å². The molecular formula is C24H31N5O4. The molecule has 1 amide bonds. The van der Waals surface area contributed by atoms with Crippen LogP contribution in [0.1, 0.15) is 46.1 Å². The predicted molar refractivity (Wildman–Crippen MR) is 126 cm³/mol. The summed E-state index contributed by atoms with van der Waals surface area (Å²) in [6.07, 6.45) is 4.55. The Morgan fingerprint density at radius 2 is 2.00 bits per heavy atom. The minimum Gasteiger partial charge on any atom is -0.459 e. The van der Waals surface area contributed by atoms with Crippen molar-refractivity contribution >= 4 is 28.9 Å². The highest BCUT2D eigenvalue weighted by Crippen LogP contribution is 2.33. The van der Waals surface area contributed by atoms with E-state index < -0.39 is 11.7 Å². The van der Waals surface area contributed by atoms with E-state index in [0.29, 0.717) is 30.0 Å². The fourth-order valence-electron chi connectivity index (χ4n) is 3.38. The van der Waals surface area contributed by atoms with Crippen molar-refractivity contribution in [2.24, 2.45) is 0 Å². The van der Waals surface area contributed by atoms with Gasteiger partial charge in [-0.3, -0.25) is 4.79 Å². The molecule has 1 aromatic carbocycles. The Bertz CT molecular complexity index is 1130. The Balaban J connectivity index is 1.86. The highest BCUT2D eigenvalue weighted by Gasteiger charge is 2.20. The number of nitrogens with zero attached hydrogens (tertiary/aromatic N) is 3. The molecule has 0 saturated carbocycles. The summed E-state index contributed by atoms with van der Waals surface area (Å²) in [4.78, 5) is 32.8. The molecule has 0 unspecified atom stereocenters. The van der Waals surface area contributed by atoms with Crippen molar-refractivity contribution in [2.75, 3.05) is 12.3 Å². The molecule has 176 valence electrons. The number of benzene rings is 1. The summed E-state index contributed by atoms with van der Waals surface area (Å²) in [7, 11) is 0. The van der Waals surface area contributed by atoms with Gasteiger partial charge in [-0.2, -0.15) is 0 Å². The number of unbranched alkanes of at least 4 members (excludes halogenated alkanes) is 1. The molecule has 2 heterocycles. The van der Waals surface area contributed by atoms with Crippen LogP contribution in [-0.4, -0.2) is 38.8 Å². The summed E-state index contributed by atoms with van der Waals surface area (Å²) >= 11 is 0. The van der Waals surface area contributed by atoms with Crippen LogP contribution >= 0.6 is 0 Å². The first-order chi connectivity index (χ1) is 15.7. The van der Waals surface area contributed by atoms with Gasteiger partial charge in [0.1, 0.15) is 29.9 Å². The van der Waals surface area contributed by atoms with Crippen molar-refractivity contribution in [3.63, 3.8) is 0 Å². The van der Waals surface area contributed by atoms with Crippen molar-refractivity contribution in [1.29, 1.82) is 0 Å². The zero-order valence-corrected chi connectivity index (χ0v) is 19.6. The third-order valence-corrected chi connectivity index (χ3v) is 4.81. The average Bonchev–Trinajstić information content (AvgIpc) is 3.11. The van der Waals surface area contributed by atoms with Gasteiger partial charge >= 0.3 is 12.1 Å². The van der Waals surface area contributed by atoms with E-state index in [1.54, 1.807) is 4.57 Å². The van der Waals surface area contributed by atoms with Crippen molar-refractivity contribution in [1.82, 2.24) is 19.9 Å². The molecule has 0 spiro atoms. The number of hydrogen-bond donors (Lipinski definition) is 2. The van der Waals surface area contributed by atoms with E-state index in [1.807, 2.05) is 58.2 Å². The molecule has 0 bridgehead atoms. The fourth-order valence-corrected chi connectivity index (χ4v) is 3.38. The van der Waals surface area contributed by atoms with Crippen LogP contribution in [0.4, 0.5) is 10.6 Å². The number of carbonyl (C=O) groups is 2. The molecular weight excluding hydrogens is 422 g/mol. The Morgan fingerprint density at radius 3 is 2.73 bits per heavy atom. The molecule has 9 heteroatoms. The summed E-state index contributed by atoms with van der Waals surface area (Å²) in [5.74, 6) is -0.0522. The van der Waals surface area contributed by atoms with Crippen LogP contribution < -0.4 is 11.1 Å². The monoisotopic (exact) mass is 453 g/mol. The summed E-state index contributed by atoms with van der Waals surface area (Å²) in [5, 5.41) is 3.42. The Hall–Kier alpha value is -3.62. The lowest BCUT2D eigenvalue weighted by Gasteiger charge is -2.19. The van der Waals surface area contributed by atoms with Gasteiger partial charge in [0.2, 0.25) is 0 Å². The lowest BCUT2D eigenvalue weighted by molar-refractivity contribution is -0.155. The number of aromatic nitrogens is 3. The molecule has 0 aliphatic rings. The maximum atomic E-state index is 12.4. The van der Waals surface area contributed by atoms with Crippen LogP contribution in [0.3, 0.4) is 0 Å². The molecule has 0 fully saturated rings. The van der Waals surface area contributed by atoms with Gasteiger partial charge in [-0.05, 0) is 44.4 Å². The van der Waals surface area contributed by atoms with E-state index >= 15 is 0 Å². The van der Waals surface area contributed by atoms with Crippen LogP contribution in [0.2, 0.25) is 0 Å². The van der Waals surface area contributed by atoms with E-state index in [2.05, 4.69) is 15.3 Å². The first-order valence-electron chi connectivity index (χ1n) is 11.0. The molecule has 0 saturated heterocycles. The molecule has 2 aromatic heterocycles. The second-order valence-electron chi connectivity index (χ2n) is 8.76. The van der Waals surface area contributed by atoms with Crippen molar-refractivity contribution < 1.29 is 19.1 Å². The molecule has 33 heavy (non-hydrogen) atoms. The van der Waals surface area contributed by atoms with Crippen LogP contribution in [0, 0.1) is 0 Å². The summed E-state index contributed by atoms with van der Waals surface area (Å²) in [6, 6.07) is 7.69. The maximum absolute atomic E-state index is 12.4. The fraction of sp³-hybridized carbons (Fsp3) is 0.417. The lowest BCUT2D eigenvalue weighted by atomic mass is 10.0. The van der Waals surface area contributed by atoms with Crippen LogP contribution in [0.25, 0.3) is 22.2 Å². The van der Waals surface area contributed by atoms with Gasteiger partial charge in [0.15, 0.2) is 0 Å². The highest BCUT2D eigenvalue weighted by molar-refractivity contribution is 6.01. The number of hydrogen-bond acceptors (Lipinski definition) is 7. The maximum Gasteiger partial charge on any atom is 0.407 e. The molecule has 3 aromatic rings. The van der Waals surface area contributed by atoms with E-state index in [0.717, 1.165) is 29.5 Å². The van der Waals surface area contributed by atoms with Gasteiger partial charge in [0.05, 0.1) is 12.0 Å². The number of fused-ring (bicyclic) bond motifs is 1. The third-order valence-electron chi connectivity index (χ3n) is 4.81. The highest BCUT2D eigenvalue weighted by atomic mass is 16.6. The number of rotatable bonds is 8. The number of esters is 1. The predicted octanol–water partition coefficient (Wildman–Crippen LogP) is 4.05. The van der Waals surface area contributed by atoms with Crippen LogP contribution in [-0.2, 0) is 27.4 Å². The van der Waals surface area contributed by atoms with E-state index in [4.69, 9.17) is 15.2 Å². The van der Waals surface area contributed by atoms with E-state index in [9.17, 15) is 9.59 Å². The van der Waals surface area contributed by atoms with Crippen molar-refractivity contribution in [3.8, 4) is 11.1 Å². The van der Waals surface area contributed by atoms with Crippen LogP contribution in [0.5, 0.6) is 0 Å². The second kappa shape index (κ2) is 10.3.